The van der Waals surface area contributed by atoms with Gasteiger partial charge in [-0.1, -0.05) is 0 Å². The SMILES string of the molecule is CC1(C)C(=O)N(c2ccc(S(=O)(=O)C(F)(F)F)cc2)C(=O)N1Cc1ccnc(-c2ncc[nH]2)c1. The zero-order chi connectivity index (χ0) is 24.9. The molecular weight excluding hydrogens is 475 g/mol. The van der Waals surface area contributed by atoms with Crippen molar-refractivity contribution in [3.63, 3.8) is 0 Å². The zero-order valence-electron chi connectivity index (χ0n) is 17.9. The van der Waals surface area contributed by atoms with Gasteiger partial charge in [0, 0.05) is 25.1 Å². The molecule has 0 bridgehead atoms. The Morgan fingerprint density at radius 3 is 2.29 bits per heavy atom. The normalized spacial score (nSPS) is 16.4. The number of aromatic amines is 1. The van der Waals surface area contributed by atoms with E-state index in [-0.39, 0.29) is 12.2 Å². The number of benzene rings is 1. The van der Waals surface area contributed by atoms with Gasteiger partial charge >= 0.3 is 11.5 Å². The van der Waals surface area contributed by atoms with Gasteiger partial charge in [0.1, 0.15) is 11.2 Å². The molecular formula is C21H18F3N5O4S. The van der Waals surface area contributed by atoms with Crippen LogP contribution in [-0.2, 0) is 21.2 Å². The lowest BCUT2D eigenvalue weighted by molar-refractivity contribution is -0.123. The number of hydrogen-bond acceptors (Lipinski definition) is 6. The molecule has 0 unspecified atom stereocenters. The van der Waals surface area contributed by atoms with Crippen LogP contribution < -0.4 is 4.90 Å². The van der Waals surface area contributed by atoms with Gasteiger partial charge < -0.3 is 9.88 Å². The Balaban J connectivity index is 1.62. The minimum absolute atomic E-state index is 0.0438. The summed E-state index contributed by atoms with van der Waals surface area (Å²) < 4.78 is 61.6. The lowest BCUT2D eigenvalue weighted by atomic mass is 10.0. The third-order valence-corrected chi connectivity index (χ3v) is 6.94. The molecule has 9 nitrogen and oxygen atoms in total. The number of urea groups is 1. The Labute approximate surface area is 192 Å². The van der Waals surface area contributed by atoms with Crippen LogP contribution in [0.2, 0.25) is 0 Å². The summed E-state index contributed by atoms with van der Waals surface area (Å²) in [6, 6.07) is 6.12. The maximum absolute atomic E-state index is 13.2. The number of alkyl halides is 3. The van der Waals surface area contributed by atoms with Crippen molar-refractivity contribution in [2.45, 2.75) is 36.3 Å². The number of nitrogens with zero attached hydrogens (tertiary/aromatic N) is 4. The van der Waals surface area contributed by atoms with Gasteiger partial charge in [-0.05, 0) is 55.8 Å². The number of anilines is 1. The van der Waals surface area contributed by atoms with Crippen LogP contribution in [0.3, 0.4) is 0 Å². The minimum Gasteiger partial charge on any atom is -0.343 e. The Morgan fingerprint density at radius 2 is 1.71 bits per heavy atom. The van der Waals surface area contributed by atoms with E-state index >= 15 is 0 Å². The van der Waals surface area contributed by atoms with Crippen molar-refractivity contribution in [3.8, 4) is 11.5 Å². The Kier molecular flexibility index (Phi) is 5.47. The molecule has 4 rings (SSSR count). The molecule has 1 N–H and O–H groups in total. The number of pyridine rings is 1. The first-order valence-corrected chi connectivity index (χ1v) is 11.3. The minimum atomic E-state index is -5.55. The number of carbonyl (C=O) groups is 2. The summed E-state index contributed by atoms with van der Waals surface area (Å²) in [7, 11) is -5.55. The van der Waals surface area contributed by atoms with Crippen LogP contribution in [0.5, 0.6) is 0 Å². The molecule has 1 aliphatic rings. The predicted octanol–water partition coefficient (Wildman–Crippen LogP) is 3.51. The van der Waals surface area contributed by atoms with Crippen LogP contribution in [0, 0.1) is 0 Å². The molecule has 0 aliphatic carbocycles. The van der Waals surface area contributed by atoms with E-state index in [1.807, 2.05) is 0 Å². The Bertz CT molecular complexity index is 1350. The van der Waals surface area contributed by atoms with Gasteiger partial charge in [0.25, 0.3) is 15.7 Å². The van der Waals surface area contributed by atoms with E-state index in [4.69, 9.17) is 0 Å². The van der Waals surface area contributed by atoms with Gasteiger partial charge in [-0.2, -0.15) is 13.2 Å². The third kappa shape index (κ3) is 3.81. The van der Waals surface area contributed by atoms with Crippen molar-refractivity contribution in [2.24, 2.45) is 0 Å². The first-order chi connectivity index (χ1) is 15.8. The zero-order valence-corrected chi connectivity index (χ0v) is 18.7. The molecule has 1 aromatic carbocycles. The summed E-state index contributed by atoms with van der Waals surface area (Å²) in [6.07, 6.45) is 4.75. The van der Waals surface area contributed by atoms with Crippen molar-refractivity contribution < 1.29 is 31.2 Å². The Morgan fingerprint density at radius 1 is 1.03 bits per heavy atom. The van der Waals surface area contributed by atoms with Crippen molar-refractivity contribution in [2.75, 3.05) is 4.90 Å². The standard InChI is InChI=1S/C21H18F3N5O4S/c1-20(2)18(30)29(14-3-5-15(6-4-14)34(32,33)21(22,23)24)19(31)28(20)12-13-7-8-25-16(11-13)17-26-9-10-27-17/h3-11H,12H2,1-2H3,(H,26,27). The summed E-state index contributed by atoms with van der Waals surface area (Å²) in [6.45, 7) is 3.14. The number of imide groups is 1. The molecule has 0 spiro atoms. The number of imidazole rings is 1. The first-order valence-electron chi connectivity index (χ1n) is 9.86. The molecule has 3 amide bonds. The van der Waals surface area contributed by atoms with Crippen LogP contribution in [0.1, 0.15) is 19.4 Å². The van der Waals surface area contributed by atoms with Gasteiger partial charge in [-0.15, -0.1) is 0 Å². The molecule has 3 heterocycles. The van der Waals surface area contributed by atoms with Crippen molar-refractivity contribution in [1.82, 2.24) is 19.9 Å². The number of H-pyrrole nitrogens is 1. The number of amides is 3. The largest absolute Gasteiger partial charge is 0.501 e. The number of halogens is 3. The van der Waals surface area contributed by atoms with E-state index in [9.17, 15) is 31.2 Å². The summed E-state index contributed by atoms with van der Waals surface area (Å²) in [4.78, 5) is 38.7. The number of nitrogens with one attached hydrogen (secondary N) is 1. The molecule has 3 aromatic rings. The second-order valence-corrected chi connectivity index (χ2v) is 9.94. The van der Waals surface area contributed by atoms with E-state index in [1.165, 1.54) is 4.90 Å². The summed E-state index contributed by atoms with van der Waals surface area (Å²) in [5.74, 6) is -0.0790. The van der Waals surface area contributed by atoms with E-state index in [0.29, 0.717) is 29.2 Å². The van der Waals surface area contributed by atoms with Gasteiger partial charge in [0.05, 0.1) is 10.6 Å². The van der Waals surface area contributed by atoms with E-state index < -0.39 is 37.7 Å². The van der Waals surface area contributed by atoms with Gasteiger partial charge in [-0.3, -0.25) is 9.78 Å². The highest BCUT2D eigenvalue weighted by Gasteiger charge is 2.52. The van der Waals surface area contributed by atoms with Crippen molar-refractivity contribution in [3.05, 3.63) is 60.6 Å². The van der Waals surface area contributed by atoms with E-state index in [0.717, 1.165) is 17.0 Å². The van der Waals surface area contributed by atoms with Gasteiger partial charge in [-0.25, -0.2) is 23.1 Å². The van der Waals surface area contributed by atoms with Gasteiger partial charge in [0.15, 0.2) is 5.82 Å². The summed E-state index contributed by atoms with van der Waals surface area (Å²) in [5.41, 5.74) is -5.58. The number of rotatable bonds is 5. The molecule has 178 valence electrons. The Hall–Kier alpha value is -3.74. The van der Waals surface area contributed by atoms with E-state index in [1.54, 1.807) is 44.6 Å². The second kappa shape index (κ2) is 7.94. The van der Waals surface area contributed by atoms with Crippen LogP contribution in [-0.4, -0.2) is 51.3 Å². The molecule has 0 atom stereocenters. The molecule has 1 aliphatic heterocycles. The number of aromatic nitrogens is 3. The monoisotopic (exact) mass is 493 g/mol. The fourth-order valence-electron chi connectivity index (χ4n) is 3.53. The first kappa shape index (κ1) is 23.4. The molecule has 34 heavy (non-hydrogen) atoms. The van der Waals surface area contributed by atoms with Crippen LogP contribution in [0.15, 0.2) is 59.9 Å². The second-order valence-electron chi connectivity index (χ2n) is 8.00. The fraction of sp³-hybridized carbons (Fsp3) is 0.238. The highest BCUT2D eigenvalue weighted by atomic mass is 32.2. The highest BCUT2D eigenvalue weighted by Crippen LogP contribution is 2.35. The molecule has 2 aromatic heterocycles. The summed E-state index contributed by atoms with van der Waals surface area (Å²) in [5, 5.41) is 0. The molecule has 13 heteroatoms. The lowest BCUT2D eigenvalue weighted by Crippen LogP contribution is -2.43. The molecule has 1 saturated heterocycles. The van der Waals surface area contributed by atoms with Gasteiger partial charge in [0.2, 0.25) is 0 Å². The van der Waals surface area contributed by atoms with Crippen molar-refractivity contribution in [1.29, 1.82) is 0 Å². The average Bonchev–Trinajstić information content (AvgIpc) is 3.36. The fourth-order valence-corrected chi connectivity index (χ4v) is 4.29. The smallest absolute Gasteiger partial charge is 0.343 e. The quantitative estimate of drug-likeness (QED) is 0.544. The maximum atomic E-state index is 13.2. The third-order valence-electron chi connectivity index (χ3n) is 5.44. The number of sulfone groups is 1. The van der Waals surface area contributed by atoms with Crippen molar-refractivity contribution >= 4 is 27.5 Å². The lowest BCUT2D eigenvalue weighted by Gasteiger charge is -2.27. The maximum Gasteiger partial charge on any atom is 0.501 e. The average molecular weight is 493 g/mol. The molecule has 0 saturated carbocycles. The molecule has 0 radical (unpaired) electrons. The summed E-state index contributed by atoms with van der Waals surface area (Å²) >= 11 is 0. The highest BCUT2D eigenvalue weighted by molar-refractivity contribution is 7.92. The number of carbonyl (C=O) groups excluding carboxylic acids is 2. The van der Waals surface area contributed by atoms with Crippen LogP contribution in [0.4, 0.5) is 23.7 Å². The molecule has 1 fully saturated rings. The predicted molar refractivity (Wildman–Crippen MR) is 114 cm³/mol. The topological polar surface area (TPSA) is 116 Å². The van der Waals surface area contributed by atoms with E-state index in [2.05, 4.69) is 15.0 Å². The van der Waals surface area contributed by atoms with Crippen LogP contribution in [0.25, 0.3) is 11.5 Å². The number of hydrogen-bond donors (Lipinski definition) is 1. The van der Waals surface area contributed by atoms with Crippen LogP contribution >= 0.6 is 0 Å².